The molecule has 0 aliphatic carbocycles. The Kier molecular flexibility index (Phi) is 4.36. The van der Waals surface area contributed by atoms with Crippen LogP contribution in [-0.4, -0.2) is 59.6 Å². The molecule has 0 bridgehead atoms. The van der Waals surface area contributed by atoms with Crippen LogP contribution in [0.3, 0.4) is 0 Å². The van der Waals surface area contributed by atoms with Crippen molar-refractivity contribution in [2.24, 2.45) is 0 Å². The molecule has 3 heterocycles. The smallest absolute Gasteiger partial charge is 0.251 e. The number of hydrogen-bond donors (Lipinski definition) is 1. The Morgan fingerprint density at radius 1 is 1.29 bits per heavy atom. The van der Waals surface area contributed by atoms with E-state index in [9.17, 15) is 9.59 Å². The number of nitrogens with one attached hydrogen (secondary N) is 1. The van der Waals surface area contributed by atoms with Crippen LogP contribution >= 0.6 is 0 Å². The topological polar surface area (TPSA) is 65.6 Å². The van der Waals surface area contributed by atoms with Crippen LogP contribution in [0.15, 0.2) is 23.1 Å². The Morgan fingerprint density at radius 3 is 2.71 bits per heavy atom. The van der Waals surface area contributed by atoms with Crippen LogP contribution in [0.25, 0.3) is 0 Å². The third-order valence-electron chi connectivity index (χ3n) is 4.14. The van der Waals surface area contributed by atoms with Crippen LogP contribution in [-0.2, 0) is 16.1 Å². The van der Waals surface area contributed by atoms with Gasteiger partial charge in [-0.05, 0) is 18.4 Å². The molecule has 6 heteroatoms. The lowest BCUT2D eigenvalue weighted by Gasteiger charge is -2.35. The summed E-state index contributed by atoms with van der Waals surface area (Å²) in [4.78, 5) is 30.2. The summed E-state index contributed by atoms with van der Waals surface area (Å²) in [6, 6.07) is 3.40. The lowest BCUT2D eigenvalue weighted by Crippen LogP contribution is -2.51. The van der Waals surface area contributed by atoms with Gasteiger partial charge in [-0.25, -0.2) is 0 Å². The Morgan fingerprint density at radius 2 is 2.10 bits per heavy atom. The molecule has 1 amide bonds. The molecule has 114 valence electrons. The van der Waals surface area contributed by atoms with Crippen molar-refractivity contribution >= 4 is 5.91 Å². The molecule has 1 unspecified atom stereocenters. The highest BCUT2D eigenvalue weighted by atomic mass is 16.5. The van der Waals surface area contributed by atoms with Gasteiger partial charge in [-0.15, -0.1) is 0 Å². The number of H-pyrrole nitrogens is 1. The Bertz CT molecular complexity index is 523. The number of nitrogens with zero attached hydrogens (tertiary/aromatic N) is 2. The summed E-state index contributed by atoms with van der Waals surface area (Å²) < 4.78 is 5.46. The van der Waals surface area contributed by atoms with E-state index in [0.29, 0.717) is 6.61 Å². The van der Waals surface area contributed by atoms with Crippen molar-refractivity contribution in [3.05, 3.63) is 34.2 Å². The van der Waals surface area contributed by atoms with Gasteiger partial charge in [-0.2, -0.15) is 0 Å². The monoisotopic (exact) mass is 291 g/mol. The molecule has 0 saturated carbocycles. The van der Waals surface area contributed by atoms with E-state index in [1.807, 2.05) is 11.0 Å². The number of aromatic nitrogens is 1. The molecule has 1 atom stereocenters. The first kappa shape index (κ1) is 14.3. The minimum Gasteiger partial charge on any atom is -0.368 e. The van der Waals surface area contributed by atoms with Gasteiger partial charge in [0.05, 0.1) is 0 Å². The average Bonchev–Trinajstić information content (AvgIpc) is 3.04. The van der Waals surface area contributed by atoms with Gasteiger partial charge in [-0.3, -0.25) is 14.5 Å². The molecule has 0 aromatic carbocycles. The quantitative estimate of drug-likeness (QED) is 0.864. The number of pyridine rings is 1. The number of carbonyl (C=O) groups is 1. The number of rotatable bonds is 3. The van der Waals surface area contributed by atoms with Crippen LogP contribution in [0.2, 0.25) is 0 Å². The number of piperazine rings is 1. The van der Waals surface area contributed by atoms with Crippen molar-refractivity contribution in [1.29, 1.82) is 0 Å². The lowest BCUT2D eigenvalue weighted by atomic mass is 10.2. The van der Waals surface area contributed by atoms with Gasteiger partial charge in [0.2, 0.25) is 5.56 Å². The highest BCUT2D eigenvalue weighted by Gasteiger charge is 2.30. The zero-order valence-electron chi connectivity index (χ0n) is 12.1. The maximum absolute atomic E-state index is 12.2. The fourth-order valence-corrected chi connectivity index (χ4v) is 2.90. The fourth-order valence-electron chi connectivity index (χ4n) is 2.90. The van der Waals surface area contributed by atoms with Crippen LogP contribution in [0, 0.1) is 0 Å². The standard InChI is InChI=1S/C15H21N3O3/c19-14-4-3-12(10-16-14)11-17-5-7-18(8-6-17)15(20)13-2-1-9-21-13/h3-4,10,13H,1-2,5-9,11H2,(H,16,19). The minimum atomic E-state index is -0.212. The van der Waals surface area contributed by atoms with Gasteiger partial charge >= 0.3 is 0 Å². The summed E-state index contributed by atoms with van der Waals surface area (Å²) in [6.07, 6.45) is 3.39. The average molecular weight is 291 g/mol. The van der Waals surface area contributed by atoms with Crippen LogP contribution < -0.4 is 5.56 Å². The molecule has 6 nitrogen and oxygen atoms in total. The molecule has 0 radical (unpaired) electrons. The van der Waals surface area contributed by atoms with Crippen molar-refractivity contribution < 1.29 is 9.53 Å². The number of ether oxygens (including phenoxy) is 1. The van der Waals surface area contributed by atoms with E-state index in [1.165, 1.54) is 0 Å². The first-order chi connectivity index (χ1) is 10.2. The SMILES string of the molecule is O=C(C1CCCO1)N1CCN(Cc2ccc(=O)[nH]c2)CC1. The third-order valence-corrected chi connectivity index (χ3v) is 4.14. The van der Waals surface area contributed by atoms with Crippen LogP contribution in [0.1, 0.15) is 18.4 Å². The van der Waals surface area contributed by atoms with E-state index in [4.69, 9.17) is 4.74 Å². The Balaban J connectivity index is 1.49. The second kappa shape index (κ2) is 6.41. The van der Waals surface area contributed by atoms with Crippen molar-refractivity contribution in [1.82, 2.24) is 14.8 Å². The normalized spacial score (nSPS) is 23.4. The minimum absolute atomic E-state index is 0.0780. The fraction of sp³-hybridized carbons (Fsp3) is 0.600. The molecule has 2 aliphatic heterocycles. The third kappa shape index (κ3) is 3.51. The molecule has 3 rings (SSSR count). The zero-order valence-corrected chi connectivity index (χ0v) is 12.1. The Hall–Kier alpha value is -1.66. The van der Waals surface area contributed by atoms with Gasteiger partial charge in [0.25, 0.3) is 5.91 Å². The number of carbonyl (C=O) groups excluding carboxylic acids is 1. The first-order valence-corrected chi connectivity index (χ1v) is 7.53. The van der Waals surface area contributed by atoms with Gasteiger partial charge < -0.3 is 14.6 Å². The highest BCUT2D eigenvalue weighted by Crippen LogP contribution is 2.16. The molecule has 2 saturated heterocycles. The number of hydrogen-bond acceptors (Lipinski definition) is 4. The maximum atomic E-state index is 12.2. The first-order valence-electron chi connectivity index (χ1n) is 7.53. The molecular formula is C15H21N3O3. The predicted molar refractivity (Wildman–Crippen MR) is 77.9 cm³/mol. The molecule has 1 aromatic rings. The maximum Gasteiger partial charge on any atom is 0.251 e. The lowest BCUT2D eigenvalue weighted by molar-refractivity contribution is -0.142. The van der Waals surface area contributed by atoms with Crippen LogP contribution in [0.5, 0.6) is 0 Å². The van der Waals surface area contributed by atoms with Gasteiger partial charge in [0.15, 0.2) is 0 Å². The summed E-state index contributed by atoms with van der Waals surface area (Å²) in [5.41, 5.74) is 1.01. The molecule has 1 aromatic heterocycles. The van der Waals surface area contributed by atoms with Gasteiger partial charge in [0.1, 0.15) is 6.10 Å². The second-order valence-electron chi connectivity index (χ2n) is 5.66. The van der Waals surface area contributed by atoms with Crippen molar-refractivity contribution in [2.75, 3.05) is 32.8 Å². The van der Waals surface area contributed by atoms with Gasteiger partial charge in [-0.1, -0.05) is 6.07 Å². The summed E-state index contributed by atoms with van der Waals surface area (Å²) in [7, 11) is 0. The van der Waals surface area contributed by atoms with E-state index in [2.05, 4.69) is 9.88 Å². The highest BCUT2D eigenvalue weighted by molar-refractivity contribution is 5.81. The molecule has 2 aliphatic rings. The van der Waals surface area contributed by atoms with Crippen molar-refractivity contribution in [3.8, 4) is 0 Å². The second-order valence-corrected chi connectivity index (χ2v) is 5.66. The van der Waals surface area contributed by atoms with Crippen LogP contribution in [0.4, 0.5) is 0 Å². The summed E-state index contributed by atoms with van der Waals surface area (Å²) >= 11 is 0. The predicted octanol–water partition coefficient (Wildman–Crippen LogP) is 0.198. The largest absolute Gasteiger partial charge is 0.368 e. The van der Waals surface area contributed by atoms with Crippen molar-refractivity contribution in [3.63, 3.8) is 0 Å². The molecule has 0 spiro atoms. The molecular weight excluding hydrogens is 270 g/mol. The van der Waals surface area contributed by atoms with E-state index < -0.39 is 0 Å². The summed E-state index contributed by atoms with van der Waals surface area (Å²) in [6.45, 7) is 4.74. The molecule has 1 N–H and O–H groups in total. The van der Waals surface area contributed by atoms with E-state index >= 15 is 0 Å². The summed E-state index contributed by atoms with van der Waals surface area (Å²) in [5, 5.41) is 0. The van der Waals surface area contributed by atoms with Gasteiger partial charge in [0, 0.05) is 51.6 Å². The number of amides is 1. The zero-order chi connectivity index (χ0) is 14.7. The Labute approximate surface area is 123 Å². The molecule has 21 heavy (non-hydrogen) atoms. The van der Waals surface area contributed by atoms with Crippen molar-refractivity contribution in [2.45, 2.75) is 25.5 Å². The molecule has 2 fully saturated rings. The van der Waals surface area contributed by atoms with E-state index in [1.54, 1.807) is 12.3 Å². The van der Waals surface area contributed by atoms with E-state index in [-0.39, 0.29) is 17.6 Å². The number of aromatic amines is 1. The van der Waals surface area contributed by atoms with E-state index in [0.717, 1.165) is 51.1 Å². The summed E-state index contributed by atoms with van der Waals surface area (Å²) in [5.74, 6) is 0.149.